The van der Waals surface area contributed by atoms with Crippen molar-refractivity contribution in [2.24, 2.45) is 0 Å². The first-order valence-corrected chi connectivity index (χ1v) is 11.2. The van der Waals surface area contributed by atoms with E-state index in [4.69, 9.17) is 10.5 Å². The van der Waals surface area contributed by atoms with Crippen LogP contribution in [0.15, 0.2) is 60.9 Å². The Labute approximate surface area is 198 Å². The van der Waals surface area contributed by atoms with Crippen LogP contribution < -0.4 is 5.73 Å². The highest BCUT2D eigenvalue weighted by molar-refractivity contribution is 5.70. The van der Waals surface area contributed by atoms with E-state index in [2.05, 4.69) is 9.97 Å². The number of carbonyl (C=O) groups excluding carboxylic acids is 1. The zero-order valence-corrected chi connectivity index (χ0v) is 19.5. The Morgan fingerprint density at radius 1 is 1.18 bits per heavy atom. The first kappa shape index (κ1) is 23.6. The fraction of sp³-hybridized carbons (Fsp3) is 0.346. The fourth-order valence-electron chi connectivity index (χ4n) is 4.54. The van der Waals surface area contributed by atoms with Gasteiger partial charge >= 0.3 is 6.09 Å². The van der Waals surface area contributed by atoms with E-state index in [9.17, 15) is 14.3 Å². The van der Waals surface area contributed by atoms with Crippen molar-refractivity contribution in [2.75, 3.05) is 12.3 Å². The maximum absolute atomic E-state index is 13.5. The predicted octanol–water partition coefficient (Wildman–Crippen LogP) is 4.82. The Morgan fingerprint density at radius 3 is 2.44 bits per heavy atom. The molecule has 8 heteroatoms. The molecule has 0 unspecified atom stereocenters. The number of anilines is 1. The van der Waals surface area contributed by atoms with Crippen molar-refractivity contribution in [1.82, 2.24) is 14.9 Å². The number of halogens is 1. The molecule has 0 bridgehead atoms. The Kier molecular flexibility index (Phi) is 6.27. The fourth-order valence-corrected chi connectivity index (χ4v) is 4.54. The quantitative estimate of drug-likeness (QED) is 0.542. The molecule has 7 nitrogen and oxygen atoms in total. The van der Waals surface area contributed by atoms with Gasteiger partial charge in [-0.1, -0.05) is 36.4 Å². The summed E-state index contributed by atoms with van der Waals surface area (Å²) in [6.45, 7) is 5.72. The van der Waals surface area contributed by atoms with Crippen LogP contribution in [-0.2, 0) is 10.3 Å². The van der Waals surface area contributed by atoms with Crippen LogP contribution in [0.3, 0.4) is 0 Å². The molecular formula is C26H29FN4O3. The van der Waals surface area contributed by atoms with Crippen molar-refractivity contribution in [3.8, 4) is 11.3 Å². The molecule has 1 aliphatic rings. The van der Waals surface area contributed by atoms with E-state index < -0.39 is 17.3 Å². The summed E-state index contributed by atoms with van der Waals surface area (Å²) in [5, 5.41) is 10.5. The van der Waals surface area contributed by atoms with Crippen LogP contribution in [0, 0.1) is 5.82 Å². The van der Waals surface area contributed by atoms with Crippen LogP contribution in [0.2, 0.25) is 0 Å². The number of aliphatic hydroxyl groups is 1. The molecule has 2 aromatic carbocycles. The minimum Gasteiger partial charge on any atom is -0.438 e. The van der Waals surface area contributed by atoms with Crippen molar-refractivity contribution in [3.63, 3.8) is 0 Å². The van der Waals surface area contributed by atoms with E-state index in [1.54, 1.807) is 37.1 Å². The molecule has 1 saturated heterocycles. The Morgan fingerprint density at radius 2 is 1.85 bits per heavy atom. The van der Waals surface area contributed by atoms with Crippen LogP contribution in [-0.4, -0.2) is 38.2 Å². The van der Waals surface area contributed by atoms with E-state index in [-0.39, 0.29) is 18.3 Å². The second-order valence-corrected chi connectivity index (χ2v) is 9.43. The summed E-state index contributed by atoms with van der Waals surface area (Å²) in [6, 6.07) is 13.4. The monoisotopic (exact) mass is 464 g/mol. The van der Waals surface area contributed by atoms with Gasteiger partial charge in [0.05, 0.1) is 29.7 Å². The third-order valence-electron chi connectivity index (χ3n) is 6.17. The Balaban J connectivity index is 1.54. The molecule has 1 fully saturated rings. The summed E-state index contributed by atoms with van der Waals surface area (Å²) in [4.78, 5) is 23.2. The number of hydrogen-bond acceptors (Lipinski definition) is 6. The van der Waals surface area contributed by atoms with E-state index in [1.807, 2.05) is 31.2 Å². The number of benzene rings is 2. The smallest absolute Gasteiger partial charge is 0.411 e. The highest BCUT2D eigenvalue weighted by Crippen LogP contribution is 2.42. The number of nitrogens with two attached hydrogens (primary N) is 1. The molecule has 1 aromatic heterocycles. The van der Waals surface area contributed by atoms with Crippen molar-refractivity contribution in [3.05, 3.63) is 77.9 Å². The molecular weight excluding hydrogens is 435 g/mol. The van der Waals surface area contributed by atoms with E-state index in [0.717, 1.165) is 11.1 Å². The van der Waals surface area contributed by atoms with E-state index >= 15 is 0 Å². The zero-order chi connectivity index (χ0) is 24.5. The summed E-state index contributed by atoms with van der Waals surface area (Å²) in [6.07, 6.45) is 3.34. The first-order chi connectivity index (χ1) is 16.1. The summed E-state index contributed by atoms with van der Waals surface area (Å²) < 4.78 is 19.5. The minimum absolute atomic E-state index is 0.204. The molecule has 2 atom stereocenters. The zero-order valence-electron chi connectivity index (χ0n) is 19.5. The number of rotatable bonds is 6. The third kappa shape index (κ3) is 5.02. The van der Waals surface area contributed by atoms with Crippen LogP contribution in [0.4, 0.5) is 15.0 Å². The second kappa shape index (κ2) is 9.02. The number of nitrogen functional groups attached to an aromatic ring is 1. The molecule has 0 aliphatic carbocycles. The average Bonchev–Trinajstić information content (AvgIpc) is 2.78. The molecule has 0 radical (unpaired) electrons. The summed E-state index contributed by atoms with van der Waals surface area (Å²) in [5.41, 5.74) is 6.77. The van der Waals surface area contributed by atoms with Crippen molar-refractivity contribution in [2.45, 2.75) is 50.9 Å². The van der Waals surface area contributed by atoms with Gasteiger partial charge in [0.1, 0.15) is 17.2 Å². The average molecular weight is 465 g/mol. The highest BCUT2D eigenvalue weighted by Gasteiger charge is 2.46. The van der Waals surface area contributed by atoms with Crippen LogP contribution in [0.25, 0.3) is 11.3 Å². The first-order valence-electron chi connectivity index (χ1n) is 11.2. The van der Waals surface area contributed by atoms with Crippen LogP contribution in [0.1, 0.15) is 50.8 Å². The minimum atomic E-state index is -1.08. The van der Waals surface area contributed by atoms with E-state index in [1.165, 1.54) is 18.3 Å². The Hall–Kier alpha value is -3.52. The number of ether oxygens (including phenoxy) is 1. The van der Waals surface area contributed by atoms with Crippen molar-refractivity contribution in [1.29, 1.82) is 0 Å². The third-order valence-corrected chi connectivity index (χ3v) is 6.17. The van der Waals surface area contributed by atoms with Crippen LogP contribution in [0.5, 0.6) is 0 Å². The van der Waals surface area contributed by atoms with E-state index in [0.29, 0.717) is 30.0 Å². The molecule has 34 heavy (non-hydrogen) atoms. The molecule has 1 aliphatic heterocycles. The number of hydrogen-bond donors (Lipinski definition) is 2. The van der Waals surface area contributed by atoms with Gasteiger partial charge in [-0.3, -0.25) is 4.98 Å². The lowest BCUT2D eigenvalue weighted by Crippen LogP contribution is -2.51. The van der Waals surface area contributed by atoms with Crippen molar-refractivity contribution < 1.29 is 19.0 Å². The lowest BCUT2D eigenvalue weighted by Gasteiger charge is -2.45. The van der Waals surface area contributed by atoms with Gasteiger partial charge in [-0.05, 0) is 44.0 Å². The number of amides is 1. The largest absolute Gasteiger partial charge is 0.438 e. The molecule has 1 amide bonds. The topological polar surface area (TPSA) is 102 Å². The van der Waals surface area contributed by atoms with Crippen molar-refractivity contribution >= 4 is 11.9 Å². The number of nitrogens with zero attached hydrogens (tertiary/aromatic N) is 3. The maximum atomic E-state index is 13.5. The lowest BCUT2D eigenvalue weighted by atomic mass is 9.80. The van der Waals surface area contributed by atoms with Gasteiger partial charge < -0.3 is 20.5 Å². The number of aromatic nitrogens is 2. The number of cyclic esters (lactones) is 1. The molecule has 3 aromatic rings. The Bertz CT molecular complexity index is 1160. The van der Waals surface area contributed by atoms with Gasteiger partial charge in [-0.15, -0.1) is 0 Å². The standard InChI is InChI=1S/C26H29FN4O3/c1-17(18-4-6-19(7-5-18)22-14-29-15-23(28)30-22)31-13-12-26(34-24(31)32,16-25(2,3)33)20-8-10-21(27)11-9-20/h4-11,14-15,17,33H,12-13,16H2,1-3H3,(H2,28,30)/t17-,26-/m0/s1. The molecule has 4 rings (SSSR count). The van der Waals surface area contributed by atoms with Gasteiger partial charge in [-0.25, -0.2) is 14.2 Å². The van der Waals surface area contributed by atoms with Crippen LogP contribution >= 0.6 is 0 Å². The normalized spacial score (nSPS) is 19.6. The molecule has 178 valence electrons. The van der Waals surface area contributed by atoms with Gasteiger partial charge in [0.25, 0.3) is 0 Å². The summed E-state index contributed by atoms with van der Waals surface area (Å²) in [5.74, 6) is -0.0196. The summed E-state index contributed by atoms with van der Waals surface area (Å²) >= 11 is 0. The lowest BCUT2D eigenvalue weighted by molar-refractivity contribution is -0.101. The summed E-state index contributed by atoms with van der Waals surface area (Å²) in [7, 11) is 0. The second-order valence-electron chi connectivity index (χ2n) is 9.43. The molecule has 0 spiro atoms. The SMILES string of the molecule is C[C@@H](c1ccc(-c2cncc(N)n2)cc1)N1CC[C@](CC(C)(C)O)(c2ccc(F)cc2)OC1=O. The van der Waals surface area contributed by atoms with Gasteiger partial charge in [0.2, 0.25) is 0 Å². The molecule has 3 N–H and O–H groups in total. The molecule has 2 heterocycles. The van der Waals surface area contributed by atoms with Gasteiger partial charge in [0, 0.05) is 24.9 Å². The van der Waals surface area contributed by atoms with Gasteiger partial charge in [-0.2, -0.15) is 0 Å². The maximum Gasteiger partial charge on any atom is 0.411 e. The van der Waals surface area contributed by atoms with Gasteiger partial charge in [0.15, 0.2) is 0 Å². The molecule has 0 saturated carbocycles. The predicted molar refractivity (Wildman–Crippen MR) is 127 cm³/mol. The highest BCUT2D eigenvalue weighted by atomic mass is 19.1. The number of carbonyl (C=O) groups is 1.